The molecule has 3 atom stereocenters. The van der Waals surface area contributed by atoms with Gasteiger partial charge in [-0.3, -0.25) is 0 Å². The molecule has 1 saturated carbocycles. The third-order valence-electron chi connectivity index (χ3n) is 3.96. The Labute approximate surface area is 106 Å². The van der Waals surface area contributed by atoms with E-state index in [0.29, 0.717) is 12.1 Å². The molecule has 0 bridgehead atoms. The van der Waals surface area contributed by atoms with Crippen molar-refractivity contribution in [3.63, 3.8) is 0 Å². The molecule has 2 rings (SSSR count). The van der Waals surface area contributed by atoms with Crippen molar-refractivity contribution in [2.24, 2.45) is 5.92 Å². The first-order valence-electron chi connectivity index (χ1n) is 6.98. The molecule has 1 nitrogen and oxygen atoms in total. The van der Waals surface area contributed by atoms with Crippen LogP contribution >= 0.6 is 0 Å². The summed E-state index contributed by atoms with van der Waals surface area (Å²) in [4.78, 5) is 0. The van der Waals surface area contributed by atoms with E-state index in [-0.39, 0.29) is 0 Å². The molecule has 0 amide bonds. The van der Waals surface area contributed by atoms with Crippen molar-refractivity contribution >= 4 is 0 Å². The first kappa shape index (κ1) is 12.6. The molecule has 1 N–H and O–H groups in total. The lowest BCUT2D eigenvalue weighted by Crippen LogP contribution is -2.35. The number of nitrogens with one attached hydrogen (secondary N) is 1. The van der Waals surface area contributed by atoms with Crippen LogP contribution in [0.2, 0.25) is 0 Å². The van der Waals surface area contributed by atoms with Gasteiger partial charge in [0.1, 0.15) is 0 Å². The third kappa shape index (κ3) is 3.57. The Kier molecular flexibility index (Phi) is 4.22. The molecule has 0 aliphatic heterocycles. The third-order valence-corrected chi connectivity index (χ3v) is 3.96. The fourth-order valence-corrected chi connectivity index (χ4v) is 2.97. The van der Waals surface area contributed by atoms with Gasteiger partial charge in [0, 0.05) is 12.1 Å². The molecule has 0 saturated heterocycles. The van der Waals surface area contributed by atoms with Crippen LogP contribution in [0.4, 0.5) is 0 Å². The Balaban J connectivity index is 1.94. The number of aryl methyl sites for hydroxylation is 1. The Bertz CT molecular complexity index is 358. The summed E-state index contributed by atoms with van der Waals surface area (Å²) < 4.78 is 0. The fraction of sp³-hybridized carbons (Fsp3) is 0.625. The quantitative estimate of drug-likeness (QED) is 0.821. The molecule has 2 unspecified atom stereocenters. The van der Waals surface area contributed by atoms with Crippen LogP contribution in [-0.2, 0) is 0 Å². The summed E-state index contributed by atoms with van der Waals surface area (Å²) in [5.74, 6) is 0.894. The topological polar surface area (TPSA) is 12.0 Å². The van der Waals surface area contributed by atoms with Crippen LogP contribution in [0.25, 0.3) is 0 Å². The van der Waals surface area contributed by atoms with E-state index >= 15 is 0 Å². The minimum Gasteiger partial charge on any atom is -0.307 e. The van der Waals surface area contributed by atoms with Crippen molar-refractivity contribution in [1.29, 1.82) is 0 Å². The zero-order valence-corrected chi connectivity index (χ0v) is 11.4. The standard InChI is InChI=1S/C16H25N/c1-12-6-4-8-15(10-12)14(3)17-16-9-5-7-13(2)11-16/h4,6,8,10,13-14,16-17H,5,7,9,11H2,1-3H3/t13?,14-,16?/m0/s1. The van der Waals surface area contributed by atoms with Gasteiger partial charge < -0.3 is 5.32 Å². The van der Waals surface area contributed by atoms with Crippen molar-refractivity contribution in [2.45, 2.75) is 58.5 Å². The van der Waals surface area contributed by atoms with Crippen LogP contribution < -0.4 is 5.32 Å². The normalized spacial score (nSPS) is 26.8. The number of benzene rings is 1. The van der Waals surface area contributed by atoms with Crippen molar-refractivity contribution < 1.29 is 0 Å². The Morgan fingerprint density at radius 3 is 2.82 bits per heavy atom. The summed E-state index contributed by atoms with van der Waals surface area (Å²) in [7, 11) is 0. The predicted octanol–water partition coefficient (Wildman–Crippen LogP) is 4.22. The van der Waals surface area contributed by atoms with Gasteiger partial charge in [0.15, 0.2) is 0 Å². The number of hydrogen-bond donors (Lipinski definition) is 1. The second kappa shape index (κ2) is 5.68. The van der Waals surface area contributed by atoms with Crippen LogP contribution in [0.1, 0.15) is 56.7 Å². The summed E-state index contributed by atoms with van der Waals surface area (Å²) in [6.07, 6.45) is 5.49. The van der Waals surface area contributed by atoms with Gasteiger partial charge in [0.05, 0.1) is 0 Å². The lowest BCUT2D eigenvalue weighted by molar-refractivity contribution is 0.285. The summed E-state index contributed by atoms with van der Waals surface area (Å²) in [6.45, 7) is 6.83. The zero-order chi connectivity index (χ0) is 12.3. The first-order chi connectivity index (χ1) is 8.15. The SMILES string of the molecule is Cc1cccc([C@H](C)NC2CCCC(C)C2)c1. The van der Waals surface area contributed by atoms with Gasteiger partial charge in [-0.05, 0) is 38.2 Å². The fourth-order valence-electron chi connectivity index (χ4n) is 2.97. The molecule has 17 heavy (non-hydrogen) atoms. The van der Waals surface area contributed by atoms with Gasteiger partial charge in [-0.25, -0.2) is 0 Å². The van der Waals surface area contributed by atoms with E-state index < -0.39 is 0 Å². The van der Waals surface area contributed by atoms with Crippen molar-refractivity contribution in [3.8, 4) is 0 Å². The van der Waals surface area contributed by atoms with Gasteiger partial charge in [-0.1, -0.05) is 49.6 Å². The van der Waals surface area contributed by atoms with Crippen LogP contribution in [0, 0.1) is 12.8 Å². The molecule has 0 radical (unpaired) electrons. The van der Waals surface area contributed by atoms with E-state index in [0.717, 1.165) is 5.92 Å². The highest BCUT2D eigenvalue weighted by Crippen LogP contribution is 2.25. The van der Waals surface area contributed by atoms with Crippen LogP contribution in [-0.4, -0.2) is 6.04 Å². The van der Waals surface area contributed by atoms with E-state index in [1.54, 1.807) is 0 Å². The molecule has 94 valence electrons. The lowest BCUT2D eigenvalue weighted by Gasteiger charge is -2.30. The van der Waals surface area contributed by atoms with Crippen molar-refractivity contribution in [3.05, 3.63) is 35.4 Å². The molecule has 1 aliphatic carbocycles. The molecular weight excluding hydrogens is 206 g/mol. The highest BCUT2D eigenvalue weighted by molar-refractivity contribution is 5.24. The van der Waals surface area contributed by atoms with Gasteiger partial charge >= 0.3 is 0 Å². The Morgan fingerprint density at radius 1 is 1.29 bits per heavy atom. The van der Waals surface area contributed by atoms with Gasteiger partial charge in [0.2, 0.25) is 0 Å². The maximum Gasteiger partial charge on any atom is 0.0294 e. The molecule has 0 heterocycles. The molecular formula is C16H25N. The summed E-state index contributed by atoms with van der Waals surface area (Å²) in [6, 6.07) is 10.0. The Hall–Kier alpha value is -0.820. The Morgan fingerprint density at radius 2 is 2.12 bits per heavy atom. The predicted molar refractivity (Wildman–Crippen MR) is 74.1 cm³/mol. The highest BCUT2D eigenvalue weighted by Gasteiger charge is 2.20. The van der Waals surface area contributed by atoms with Crippen LogP contribution in [0.3, 0.4) is 0 Å². The van der Waals surface area contributed by atoms with Crippen LogP contribution in [0.5, 0.6) is 0 Å². The molecule has 1 aromatic carbocycles. The first-order valence-corrected chi connectivity index (χ1v) is 6.98. The number of hydrogen-bond acceptors (Lipinski definition) is 1. The lowest BCUT2D eigenvalue weighted by atomic mass is 9.86. The van der Waals surface area contributed by atoms with E-state index in [1.165, 1.54) is 36.8 Å². The van der Waals surface area contributed by atoms with Gasteiger partial charge in [0.25, 0.3) is 0 Å². The van der Waals surface area contributed by atoms with Gasteiger partial charge in [-0.15, -0.1) is 0 Å². The molecule has 1 heteroatoms. The van der Waals surface area contributed by atoms with Crippen molar-refractivity contribution in [2.75, 3.05) is 0 Å². The average Bonchev–Trinajstić information content (AvgIpc) is 2.29. The number of rotatable bonds is 3. The highest BCUT2D eigenvalue weighted by atomic mass is 14.9. The zero-order valence-electron chi connectivity index (χ0n) is 11.4. The smallest absolute Gasteiger partial charge is 0.0294 e. The molecule has 0 spiro atoms. The van der Waals surface area contributed by atoms with E-state index in [1.807, 2.05) is 0 Å². The van der Waals surface area contributed by atoms with E-state index in [4.69, 9.17) is 0 Å². The molecule has 1 fully saturated rings. The minimum atomic E-state index is 0.477. The maximum atomic E-state index is 3.79. The average molecular weight is 231 g/mol. The largest absolute Gasteiger partial charge is 0.307 e. The summed E-state index contributed by atoms with van der Waals surface area (Å²) >= 11 is 0. The van der Waals surface area contributed by atoms with E-state index in [9.17, 15) is 0 Å². The van der Waals surface area contributed by atoms with Crippen molar-refractivity contribution in [1.82, 2.24) is 5.32 Å². The molecule has 0 aromatic heterocycles. The second-order valence-corrected chi connectivity index (χ2v) is 5.77. The monoisotopic (exact) mass is 231 g/mol. The molecule has 1 aromatic rings. The maximum absolute atomic E-state index is 3.79. The van der Waals surface area contributed by atoms with E-state index in [2.05, 4.69) is 50.4 Å². The minimum absolute atomic E-state index is 0.477. The summed E-state index contributed by atoms with van der Waals surface area (Å²) in [5.41, 5.74) is 2.77. The van der Waals surface area contributed by atoms with Crippen LogP contribution in [0.15, 0.2) is 24.3 Å². The van der Waals surface area contributed by atoms with Gasteiger partial charge in [-0.2, -0.15) is 0 Å². The molecule has 1 aliphatic rings. The second-order valence-electron chi connectivity index (χ2n) is 5.77. The summed E-state index contributed by atoms with van der Waals surface area (Å²) in [5, 5.41) is 3.79.